The van der Waals surface area contributed by atoms with Crippen molar-refractivity contribution in [2.75, 3.05) is 0 Å². The maximum atomic E-state index is 13.0. The third-order valence-corrected chi connectivity index (χ3v) is 6.60. The number of rotatable bonds is 9. The second-order valence-electron chi connectivity index (χ2n) is 13.2. The Morgan fingerprint density at radius 3 is 1.98 bits per heavy atom. The molecule has 0 radical (unpaired) electrons. The molecule has 2 amide bonds. The Kier molecular flexibility index (Phi) is 11.6. The molecule has 1 aromatic heterocycles. The number of alkyl carbamates (subject to hydrolysis) is 2. The van der Waals surface area contributed by atoms with Gasteiger partial charge in [0.25, 0.3) is 0 Å². The molecule has 1 unspecified atom stereocenters. The highest BCUT2D eigenvalue weighted by Gasteiger charge is 2.29. The quantitative estimate of drug-likeness (QED) is 0.0752. The van der Waals surface area contributed by atoms with E-state index < -0.39 is 41.4 Å². The lowest BCUT2D eigenvalue weighted by atomic mass is 9.90. The Morgan fingerprint density at radius 2 is 1.40 bits per heavy atom. The van der Waals surface area contributed by atoms with Crippen molar-refractivity contribution in [3.63, 3.8) is 0 Å². The average Bonchev–Trinajstić information content (AvgIpc) is 3.43. The molecule has 4 rings (SSSR count). The van der Waals surface area contributed by atoms with Gasteiger partial charge in [-0.05, 0) is 83.4 Å². The lowest BCUT2D eigenvalue weighted by Gasteiger charge is -2.22. The van der Waals surface area contributed by atoms with Gasteiger partial charge in [0.15, 0.2) is 5.58 Å². The molecule has 3 aromatic carbocycles. The van der Waals surface area contributed by atoms with Crippen LogP contribution in [0.15, 0.2) is 88.3 Å². The molecular formula is C36H42N4O8. The van der Waals surface area contributed by atoms with Gasteiger partial charge in [-0.3, -0.25) is 15.4 Å². The van der Waals surface area contributed by atoms with Crippen LogP contribution in [0.4, 0.5) is 15.3 Å². The number of aliphatic hydroxyl groups excluding tert-OH is 1. The van der Waals surface area contributed by atoms with Crippen LogP contribution in [0.1, 0.15) is 71.1 Å². The number of nitrogens with one attached hydrogen (secondary N) is 2. The van der Waals surface area contributed by atoms with Crippen molar-refractivity contribution in [2.45, 2.75) is 78.3 Å². The van der Waals surface area contributed by atoms with E-state index in [0.29, 0.717) is 16.8 Å². The van der Waals surface area contributed by atoms with E-state index in [4.69, 9.17) is 18.6 Å². The highest BCUT2D eigenvalue weighted by molar-refractivity contribution is 6.02. The molecule has 1 heterocycles. The van der Waals surface area contributed by atoms with Crippen LogP contribution in [0.25, 0.3) is 11.1 Å². The van der Waals surface area contributed by atoms with Crippen molar-refractivity contribution >= 4 is 40.9 Å². The fourth-order valence-electron chi connectivity index (χ4n) is 4.55. The van der Waals surface area contributed by atoms with Gasteiger partial charge in [0.2, 0.25) is 11.9 Å². The lowest BCUT2D eigenvalue weighted by molar-refractivity contribution is -0.147. The number of aliphatic hydroxyl groups is 1. The van der Waals surface area contributed by atoms with Crippen LogP contribution in [-0.2, 0) is 32.0 Å². The predicted molar refractivity (Wildman–Crippen MR) is 179 cm³/mol. The van der Waals surface area contributed by atoms with E-state index in [2.05, 4.69) is 20.6 Å². The van der Waals surface area contributed by atoms with Gasteiger partial charge in [-0.15, -0.1) is 0 Å². The summed E-state index contributed by atoms with van der Waals surface area (Å²) in [5.74, 6) is -1.22. The normalized spacial score (nSPS) is 12.8. The number of carbonyl (C=O) groups excluding carboxylic acids is 3. The molecule has 0 aliphatic carbocycles. The van der Waals surface area contributed by atoms with E-state index in [0.717, 1.165) is 11.1 Å². The summed E-state index contributed by atoms with van der Waals surface area (Å²) in [5, 5.41) is 16.3. The number of hydrogen-bond acceptors (Lipinski definition) is 10. The molecule has 0 bridgehead atoms. The van der Waals surface area contributed by atoms with Crippen molar-refractivity contribution in [2.24, 2.45) is 10.9 Å². The molecule has 12 nitrogen and oxygen atoms in total. The highest BCUT2D eigenvalue weighted by Crippen LogP contribution is 2.31. The van der Waals surface area contributed by atoms with Crippen molar-refractivity contribution < 1.29 is 38.1 Å². The number of amides is 2. The van der Waals surface area contributed by atoms with Crippen molar-refractivity contribution in [1.29, 1.82) is 0 Å². The van der Waals surface area contributed by atoms with Gasteiger partial charge in [-0.25, -0.2) is 19.6 Å². The molecule has 0 saturated carbocycles. The number of oxazole rings is 1. The Balaban J connectivity index is 1.53. The third-order valence-electron chi connectivity index (χ3n) is 6.60. The molecule has 4 aromatic rings. The van der Waals surface area contributed by atoms with Crippen LogP contribution in [0.2, 0.25) is 0 Å². The van der Waals surface area contributed by atoms with Crippen LogP contribution in [-0.4, -0.2) is 45.4 Å². The topological polar surface area (TPSA) is 162 Å². The largest absolute Gasteiger partial charge is 0.461 e. The Hall–Kier alpha value is -5.23. The van der Waals surface area contributed by atoms with Gasteiger partial charge in [0.05, 0.1) is 12.1 Å². The lowest BCUT2D eigenvalue weighted by Crippen LogP contribution is -2.47. The maximum Gasteiger partial charge on any atom is 0.414 e. The van der Waals surface area contributed by atoms with Crippen molar-refractivity contribution in [3.8, 4) is 0 Å². The van der Waals surface area contributed by atoms with Gasteiger partial charge in [-0.2, -0.15) is 0 Å². The first kappa shape index (κ1) is 35.6. The molecule has 2 atom stereocenters. The van der Waals surface area contributed by atoms with Gasteiger partial charge < -0.3 is 23.7 Å². The van der Waals surface area contributed by atoms with Crippen molar-refractivity contribution in [3.05, 3.63) is 95.9 Å². The Labute approximate surface area is 279 Å². The molecule has 0 fully saturated rings. The zero-order chi connectivity index (χ0) is 34.9. The number of carbonyl (C=O) groups is 3. The summed E-state index contributed by atoms with van der Waals surface area (Å²) < 4.78 is 22.0. The molecule has 0 aliphatic rings. The molecule has 3 N–H and O–H groups in total. The van der Waals surface area contributed by atoms with Gasteiger partial charge in [0, 0.05) is 5.92 Å². The monoisotopic (exact) mass is 658 g/mol. The zero-order valence-electron chi connectivity index (χ0n) is 28.0. The Bertz CT molecular complexity index is 1660. The number of hydrogen-bond donors (Lipinski definition) is 3. The third kappa shape index (κ3) is 11.5. The van der Waals surface area contributed by atoms with E-state index >= 15 is 0 Å². The molecule has 48 heavy (non-hydrogen) atoms. The molecular weight excluding hydrogens is 616 g/mol. The number of esters is 1. The standard InChI is InChI=1S/C36H42N4O8/c1-35(2,3)47-33(43)39-32(40-34(44)48-36(4,5)6)37-26-18-16-23(17-19-26)20-25(21-29(41)45-22-24-12-8-7-9-13-24)30(42)31-38-27-14-10-11-15-28(27)46-31/h7-19,25,30,42H,20-22H2,1-6H3,(H2,37,39,40,43,44)/t25-,30?/m1/s1. The zero-order valence-corrected chi connectivity index (χ0v) is 28.0. The van der Waals surface area contributed by atoms with Gasteiger partial charge in [0.1, 0.15) is 29.4 Å². The van der Waals surface area contributed by atoms with Gasteiger partial charge >= 0.3 is 18.2 Å². The minimum atomic E-state index is -1.21. The molecule has 12 heteroatoms. The van der Waals surface area contributed by atoms with Crippen LogP contribution in [0.3, 0.4) is 0 Å². The van der Waals surface area contributed by atoms with E-state index in [-0.39, 0.29) is 31.3 Å². The fraction of sp³-hybridized carbons (Fsp3) is 0.361. The van der Waals surface area contributed by atoms with Crippen LogP contribution < -0.4 is 10.6 Å². The number of aromatic nitrogens is 1. The Morgan fingerprint density at radius 1 is 0.812 bits per heavy atom. The maximum absolute atomic E-state index is 13.0. The van der Waals surface area contributed by atoms with Gasteiger partial charge in [-0.1, -0.05) is 54.6 Å². The average molecular weight is 659 g/mol. The first-order valence-electron chi connectivity index (χ1n) is 15.5. The minimum absolute atomic E-state index is 0.101. The number of nitrogens with zero attached hydrogens (tertiary/aromatic N) is 2. The number of ether oxygens (including phenoxy) is 3. The summed E-state index contributed by atoms with van der Waals surface area (Å²) in [6.07, 6.45) is -2.67. The molecule has 0 aliphatic heterocycles. The van der Waals surface area contributed by atoms with Crippen molar-refractivity contribution in [1.82, 2.24) is 15.6 Å². The van der Waals surface area contributed by atoms with Crippen LogP contribution >= 0.6 is 0 Å². The minimum Gasteiger partial charge on any atom is -0.461 e. The first-order chi connectivity index (χ1) is 22.6. The second-order valence-corrected chi connectivity index (χ2v) is 13.2. The summed E-state index contributed by atoms with van der Waals surface area (Å²) in [5.41, 5.74) is 1.56. The van der Waals surface area contributed by atoms with E-state index in [1.165, 1.54) is 0 Å². The van der Waals surface area contributed by atoms with Crippen LogP contribution in [0.5, 0.6) is 0 Å². The summed E-state index contributed by atoms with van der Waals surface area (Å²) >= 11 is 0. The SMILES string of the molecule is CC(C)(C)OC(=O)NC(=Nc1ccc(C[C@H](CC(=O)OCc2ccccc2)C(O)c2nc3ccccc3o2)cc1)NC(=O)OC(C)(C)C. The summed E-state index contributed by atoms with van der Waals surface area (Å²) in [6, 6.07) is 23.3. The summed E-state index contributed by atoms with van der Waals surface area (Å²) in [4.78, 5) is 46.7. The summed E-state index contributed by atoms with van der Waals surface area (Å²) in [7, 11) is 0. The molecule has 0 saturated heterocycles. The number of para-hydroxylation sites is 2. The van der Waals surface area contributed by atoms with E-state index in [1.54, 1.807) is 77.9 Å². The first-order valence-corrected chi connectivity index (χ1v) is 15.5. The molecule has 0 spiro atoms. The number of guanidine groups is 1. The number of aliphatic imine (C=N–C) groups is 1. The predicted octanol–water partition coefficient (Wildman–Crippen LogP) is 6.89. The number of fused-ring (bicyclic) bond motifs is 1. The second kappa shape index (κ2) is 15.6. The van der Waals surface area contributed by atoms with Crippen LogP contribution in [0, 0.1) is 5.92 Å². The smallest absolute Gasteiger partial charge is 0.414 e. The van der Waals surface area contributed by atoms with E-state index in [1.807, 2.05) is 42.5 Å². The fourth-order valence-corrected chi connectivity index (χ4v) is 4.55. The highest BCUT2D eigenvalue weighted by atomic mass is 16.6. The number of benzene rings is 3. The summed E-state index contributed by atoms with van der Waals surface area (Å²) in [6.45, 7) is 10.4. The molecule has 254 valence electrons. The van der Waals surface area contributed by atoms with E-state index in [9.17, 15) is 19.5 Å².